The Labute approximate surface area is 120 Å². The minimum Gasteiger partial charge on any atom is -0.481 e. The lowest BCUT2D eigenvalue weighted by molar-refractivity contribution is -0.174. The number of carboxylic acid groups (broad SMARTS) is 1. The van der Waals surface area contributed by atoms with E-state index in [-0.39, 0.29) is 5.92 Å². The number of rotatable bonds is 5. The average molecular weight is 303 g/mol. The highest BCUT2D eigenvalue weighted by Gasteiger charge is 2.40. The maximum Gasteiger partial charge on any atom is 0.471 e. The summed E-state index contributed by atoms with van der Waals surface area (Å²) in [5, 5.41) is 10.5. The summed E-state index contributed by atoms with van der Waals surface area (Å²) in [6.45, 7) is 3.91. The van der Waals surface area contributed by atoms with E-state index in [2.05, 4.69) is 0 Å². The van der Waals surface area contributed by atoms with Crippen LogP contribution in [0.5, 0.6) is 0 Å². The van der Waals surface area contributed by atoms with E-state index < -0.39 is 30.5 Å². The predicted octanol–water partition coefficient (Wildman–Crippen LogP) is 3.00. The van der Waals surface area contributed by atoms with Crippen LogP contribution in [-0.2, 0) is 9.59 Å². The van der Waals surface area contributed by atoms with Crippen molar-refractivity contribution in [3.63, 3.8) is 0 Å². The van der Waals surface area contributed by atoms with Gasteiger partial charge in [-0.05, 0) is 17.0 Å². The van der Waals surface area contributed by atoms with Crippen LogP contribution in [0.4, 0.5) is 13.2 Å². The zero-order valence-electron chi connectivity index (χ0n) is 11.6. The lowest BCUT2D eigenvalue weighted by Crippen LogP contribution is -2.39. The molecule has 1 aromatic rings. The minimum atomic E-state index is -5.05. The number of carbonyl (C=O) groups is 2. The molecule has 0 aliphatic rings. The van der Waals surface area contributed by atoms with Crippen LogP contribution >= 0.6 is 0 Å². The third kappa shape index (κ3) is 5.09. The molecule has 116 valence electrons. The highest BCUT2D eigenvalue weighted by molar-refractivity contribution is 5.82. The Kier molecular flexibility index (Phi) is 5.34. The van der Waals surface area contributed by atoms with Gasteiger partial charge in [-0.3, -0.25) is 9.59 Å². The molecule has 0 spiro atoms. The molecule has 0 radical (unpaired) electrons. The Morgan fingerprint density at radius 3 is 2.00 bits per heavy atom. The first-order chi connectivity index (χ1) is 9.61. The summed E-state index contributed by atoms with van der Waals surface area (Å²) in [5.41, 5.74) is 1.29. The molecule has 1 rings (SSSR count). The maximum atomic E-state index is 12.3. The number of carbonyl (C=O) groups excluding carboxylic acids is 1. The number of benzene rings is 1. The van der Waals surface area contributed by atoms with Crippen molar-refractivity contribution in [2.45, 2.75) is 38.4 Å². The molecular weight excluding hydrogens is 287 g/mol. The SMILES string of the molecule is CC(C)c1ccc([C@@H](CC(=O)O)NC(=O)C(F)(F)F)cc1. The zero-order valence-corrected chi connectivity index (χ0v) is 11.6. The Hall–Kier alpha value is -2.05. The van der Waals surface area contributed by atoms with Crippen molar-refractivity contribution in [3.8, 4) is 0 Å². The standard InChI is InChI=1S/C14H16F3NO3/c1-8(2)9-3-5-10(6-4-9)11(7-12(19)20)18-13(21)14(15,16)17/h3-6,8,11H,7H2,1-2H3,(H,18,21)(H,19,20)/t11-/m1/s1. The number of halogens is 3. The van der Waals surface area contributed by atoms with Crippen LogP contribution in [0, 0.1) is 0 Å². The maximum absolute atomic E-state index is 12.3. The average Bonchev–Trinajstić information content (AvgIpc) is 2.36. The second-order valence-corrected chi connectivity index (χ2v) is 4.94. The zero-order chi connectivity index (χ0) is 16.2. The molecule has 0 heterocycles. The number of alkyl halides is 3. The molecule has 2 N–H and O–H groups in total. The molecule has 0 unspecified atom stereocenters. The smallest absolute Gasteiger partial charge is 0.471 e. The number of aliphatic carboxylic acids is 1. The summed E-state index contributed by atoms with van der Waals surface area (Å²) in [7, 11) is 0. The van der Waals surface area contributed by atoms with Crippen LogP contribution in [0.1, 0.15) is 43.4 Å². The number of hydrogen-bond acceptors (Lipinski definition) is 2. The molecule has 4 nitrogen and oxygen atoms in total. The van der Waals surface area contributed by atoms with Crippen LogP contribution in [0.3, 0.4) is 0 Å². The van der Waals surface area contributed by atoms with E-state index in [9.17, 15) is 22.8 Å². The van der Waals surface area contributed by atoms with Crippen molar-refractivity contribution < 1.29 is 27.9 Å². The van der Waals surface area contributed by atoms with Crippen molar-refractivity contribution in [2.24, 2.45) is 0 Å². The van der Waals surface area contributed by atoms with Gasteiger partial charge in [0.25, 0.3) is 0 Å². The van der Waals surface area contributed by atoms with E-state index in [1.54, 1.807) is 17.4 Å². The summed E-state index contributed by atoms with van der Waals surface area (Å²) in [5.74, 6) is -3.21. The molecule has 0 aromatic heterocycles. The summed E-state index contributed by atoms with van der Waals surface area (Å²) in [4.78, 5) is 21.7. The normalized spacial score (nSPS) is 13.0. The van der Waals surface area contributed by atoms with E-state index >= 15 is 0 Å². The lowest BCUT2D eigenvalue weighted by atomic mass is 9.97. The highest BCUT2D eigenvalue weighted by atomic mass is 19.4. The van der Waals surface area contributed by atoms with Crippen LogP contribution in [0.15, 0.2) is 24.3 Å². The number of carboxylic acids is 1. The van der Waals surface area contributed by atoms with Gasteiger partial charge in [-0.15, -0.1) is 0 Å². The van der Waals surface area contributed by atoms with E-state index in [1.165, 1.54) is 12.1 Å². The molecule has 1 aromatic carbocycles. The van der Waals surface area contributed by atoms with Gasteiger partial charge in [0, 0.05) is 0 Å². The molecule has 0 aliphatic heterocycles. The van der Waals surface area contributed by atoms with Crippen molar-refractivity contribution >= 4 is 11.9 Å². The Balaban J connectivity index is 2.97. The summed E-state index contributed by atoms with van der Waals surface area (Å²) in [6.07, 6.45) is -5.67. The molecule has 0 saturated carbocycles. The molecule has 21 heavy (non-hydrogen) atoms. The fraction of sp³-hybridized carbons (Fsp3) is 0.429. The van der Waals surface area contributed by atoms with Gasteiger partial charge in [0.05, 0.1) is 12.5 Å². The molecule has 1 atom stereocenters. The van der Waals surface area contributed by atoms with E-state index in [1.807, 2.05) is 13.8 Å². The topological polar surface area (TPSA) is 66.4 Å². The third-order valence-corrected chi connectivity index (χ3v) is 2.95. The Morgan fingerprint density at radius 2 is 1.62 bits per heavy atom. The van der Waals surface area contributed by atoms with Crippen LogP contribution < -0.4 is 5.32 Å². The van der Waals surface area contributed by atoms with E-state index in [4.69, 9.17) is 5.11 Å². The summed E-state index contributed by atoms with van der Waals surface area (Å²) in [6, 6.07) is 5.24. The molecule has 0 aliphatic carbocycles. The first kappa shape index (κ1) is 17.0. The fourth-order valence-corrected chi connectivity index (χ4v) is 1.78. The minimum absolute atomic E-state index is 0.238. The quantitative estimate of drug-likeness (QED) is 0.878. The Morgan fingerprint density at radius 1 is 1.14 bits per heavy atom. The van der Waals surface area contributed by atoms with Gasteiger partial charge in [-0.2, -0.15) is 13.2 Å². The van der Waals surface area contributed by atoms with Gasteiger partial charge in [0.2, 0.25) is 0 Å². The fourth-order valence-electron chi connectivity index (χ4n) is 1.78. The second-order valence-electron chi connectivity index (χ2n) is 4.94. The van der Waals surface area contributed by atoms with Gasteiger partial charge in [-0.1, -0.05) is 38.1 Å². The summed E-state index contributed by atoms with van der Waals surface area (Å²) >= 11 is 0. The molecule has 0 bridgehead atoms. The number of hydrogen-bond donors (Lipinski definition) is 2. The van der Waals surface area contributed by atoms with Gasteiger partial charge in [-0.25, -0.2) is 0 Å². The van der Waals surface area contributed by atoms with Crippen molar-refractivity contribution in [1.29, 1.82) is 0 Å². The van der Waals surface area contributed by atoms with Crippen LogP contribution in [0.25, 0.3) is 0 Å². The first-order valence-electron chi connectivity index (χ1n) is 6.30. The van der Waals surface area contributed by atoms with Crippen molar-refractivity contribution in [1.82, 2.24) is 5.32 Å². The highest BCUT2D eigenvalue weighted by Crippen LogP contribution is 2.23. The molecular formula is C14H16F3NO3. The number of nitrogens with one attached hydrogen (secondary N) is 1. The molecule has 0 saturated heterocycles. The second kappa shape index (κ2) is 6.60. The van der Waals surface area contributed by atoms with Crippen molar-refractivity contribution in [2.75, 3.05) is 0 Å². The summed E-state index contributed by atoms with van der Waals surface area (Å²) < 4.78 is 36.8. The van der Waals surface area contributed by atoms with E-state index in [0.29, 0.717) is 5.56 Å². The van der Waals surface area contributed by atoms with Gasteiger partial charge < -0.3 is 10.4 Å². The monoisotopic (exact) mass is 303 g/mol. The van der Waals surface area contributed by atoms with Gasteiger partial charge in [0.15, 0.2) is 0 Å². The number of amides is 1. The van der Waals surface area contributed by atoms with Crippen molar-refractivity contribution in [3.05, 3.63) is 35.4 Å². The largest absolute Gasteiger partial charge is 0.481 e. The molecule has 0 fully saturated rings. The molecule has 7 heteroatoms. The van der Waals surface area contributed by atoms with Gasteiger partial charge >= 0.3 is 18.1 Å². The van der Waals surface area contributed by atoms with Gasteiger partial charge in [0.1, 0.15) is 0 Å². The third-order valence-electron chi connectivity index (χ3n) is 2.95. The van der Waals surface area contributed by atoms with E-state index in [0.717, 1.165) is 5.56 Å². The first-order valence-corrected chi connectivity index (χ1v) is 6.30. The van der Waals surface area contributed by atoms with Crippen LogP contribution in [0.2, 0.25) is 0 Å². The lowest BCUT2D eigenvalue weighted by Gasteiger charge is -2.19. The van der Waals surface area contributed by atoms with Crippen LogP contribution in [-0.4, -0.2) is 23.2 Å². The Bertz CT molecular complexity index is 509. The molecule has 1 amide bonds. The predicted molar refractivity (Wildman–Crippen MR) is 69.7 cm³/mol.